The molecular formula is C15H22FNO. The lowest BCUT2D eigenvalue weighted by Crippen LogP contribution is -2.25. The fraction of sp³-hybridized carbons (Fsp3) is 0.467. The van der Waals surface area contributed by atoms with Crippen LogP contribution < -0.4 is 4.90 Å². The van der Waals surface area contributed by atoms with E-state index in [9.17, 15) is 9.50 Å². The lowest BCUT2D eigenvalue weighted by atomic mass is 10.0. The van der Waals surface area contributed by atoms with Gasteiger partial charge in [-0.1, -0.05) is 13.0 Å². The lowest BCUT2D eigenvalue weighted by Gasteiger charge is -2.27. The number of hydrogen-bond acceptors (Lipinski definition) is 2. The topological polar surface area (TPSA) is 23.5 Å². The summed E-state index contributed by atoms with van der Waals surface area (Å²) in [5.74, 6) is -0.273. The number of aliphatic hydroxyl groups is 1. The van der Waals surface area contributed by atoms with Gasteiger partial charge in [0.1, 0.15) is 5.82 Å². The molecule has 1 unspecified atom stereocenters. The first-order valence-corrected chi connectivity index (χ1v) is 6.35. The first kappa shape index (κ1) is 14.7. The molecule has 0 fully saturated rings. The Morgan fingerprint density at radius 2 is 2.17 bits per heavy atom. The summed E-state index contributed by atoms with van der Waals surface area (Å²) in [4.78, 5) is 2.11. The Morgan fingerprint density at radius 3 is 2.67 bits per heavy atom. The number of anilines is 1. The molecule has 0 aromatic heterocycles. The van der Waals surface area contributed by atoms with Crippen molar-refractivity contribution < 1.29 is 9.50 Å². The van der Waals surface area contributed by atoms with Gasteiger partial charge in [0.25, 0.3) is 0 Å². The quantitative estimate of drug-likeness (QED) is 0.781. The minimum Gasteiger partial charge on any atom is -0.389 e. The lowest BCUT2D eigenvalue weighted by molar-refractivity contribution is 0.199. The number of halogens is 1. The van der Waals surface area contributed by atoms with Crippen molar-refractivity contribution in [2.24, 2.45) is 0 Å². The normalized spacial score (nSPS) is 12.3. The van der Waals surface area contributed by atoms with Gasteiger partial charge in [-0.25, -0.2) is 4.39 Å². The minimum absolute atomic E-state index is 0.273. The summed E-state index contributed by atoms with van der Waals surface area (Å²) in [5.41, 5.74) is 2.12. The van der Waals surface area contributed by atoms with Crippen LogP contribution in [0, 0.1) is 12.7 Å². The highest BCUT2D eigenvalue weighted by molar-refractivity contribution is 5.57. The average molecular weight is 251 g/mol. The van der Waals surface area contributed by atoms with E-state index in [1.807, 2.05) is 6.08 Å². The second kappa shape index (κ2) is 6.55. The molecule has 18 heavy (non-hydrogen) atoms. The van der Waals surface area contributed by atoms with Gasteiger partial charge < -0.3 is 10.0 Å². The van der Waals surface area contributed by atoms with Crippen molar-refractivity contribution in [3.63, 3.8) is 0 Å². The molecule has 0 heterocycles. The number of aliphatic hydroxyl groups excluding tert-OH is 1. The third-order valence-electron chi connectivity index (χ3n) is 2.94. The van der Waals surface area contributed by atoms with Crippen molar-refractivity contribution in [1.82, 2.24) is 0 Å². The molecule has 3 heteroatoms. The van der Waals surface area contributed by atoms with E-state index >= 15 is 0 Å². The van der Waals surface area contributed by atoms with E-state index in [0.717, 1.165) is 18.7 Å². The third kappa shape index (κ3) is 3.33. The van der Waals surface area contributed by atoms with Crippen molar-refractivity contribution in [3.05, 3.63) is 41.7 Å². The van der Waals surface area contributed by atoms with Crippen LogP contribution in [-0.4, -0.2) is 18.2 Å². The van der Waals surface area contributed by atoms with Gasteiger partial charge in [-0.3, -0.25) is 0 Å². The zero-order valence-electron chi connectivity index (χ0n) is 11.4. The second-order valence-electron chi connectivity index (χ2n) is 4.57. The molecule has 0 saturated carbocycles. The maximum Gasteiger partial charge on any atom is 0.126 e. The van der Waals surface area contributed by atoms with Crippen LogP contribution in [0.15, 0.2) is 24.8 Å². The van der Waals surface area contributed by atoms with Crippen LogP contribution in [-0.2, 0) is 0 Å². The van der Waals surface area contributed by atoms with Crippen LogP contribution in [0.25, 0.3) is 0 Å². The molecule has 1 aromatic rings. The molecular weight excluding hydrogens is 229 g/mol. The van der Waals surface area contributed by atoms with Gasteiger partial charge in [0.05, 0.1) is 6.10 Å². The van der Waals surface area contributed by atoms with E-state index in [4.69, 9.17) is 0 Å². The Labute approximate surface area is 109 Å². The Bertz CT molecular complexity index is 415. The number of rotatable bonds is 6. The maximum absolute atomic E-state index is 13.6. The molecule has 0 aliphatic carbocycles. The van der Waals surface area contributed by atoms with Crippen LogP contribution in [0.5, 0.6) is 0 Å². The molecule has 0 aliphatic heterocycles. The van der Waals surface area contributed by atoms with E-state index in [0.29, 0.717) is 17.7 Å². The van der Waals surface area contributed by atoms with E-state index < -0.39 is 6.10 Å². The summed E-state index contributed by atoms with van der Waals surface area (Å²) < 4.78 is 13.6. The van der Waals surface area contributed by atoms with Crippen LogP contribution in [0.3, 0.4) is 0 Å². The first-order valence-electron chi connectivity index (χ1n) is 6.35. The summed E-state index contributed by atoms with van der Waals surface area (Å²) in [6.07, 6.45) is 2.13. The highest BCUT2D eigenvalue weighted by Gasteiger charge is 2.15. The first-order chi connectivity index (χ1) is 8.51. The van der Waals surface area contributed by atoms with Crippen molar-refractivity contribution in [1.29, 1.82) is 0 Å². The second-order valence-corrected chi connectivity index (χ2v) is 4.57. The summed E-state index contributed by atoms with van der Waals surface area (Å²) in [7, 11) is 0. The molecule has 100 valence electrons. The zero-order valence-corrected chi connectivity index (χ0v) is 11.4. The van der Waals surface area contributed by atoms with Crippen molar-refractivity contribution in [2.75, 3.05) is 18.0 Å². The number of aryl methyl sites for hydroxylation is 1. The van der Waals surface area contributed by atoms with E-state index in [-0.39, 0.29) is 5.82 Å². The Morgan fingerprint density at radius 1 is 1.50 bits per heavy atom. The third-order valence-corrected chi connectivity index (χ3v) is 2.94. The largest absolute Gasteiger partial charge is 0.389 e. The predicted molar refractivity (Wildman–Crippen MR) is 74.5 cm³/mol. The summed E-state index contributed by atoms with van der Waals surface area (Å²) in [6, 6.07) is 3.23. The summed E-state index contributed by atoms with van der Waals surface area (Å²) >= 11 is 0. The maximum atomic E-state index is 13.6. The van der Waals surface area contributed by atoms with Crippen molar-refractivity contribution >= 4 is 5.69 Å². The highest BCUT2D eigenvalue weighted by atomic mass is 19.1. The van der Waals surface area contributed by atoms with Gasteiger partial charge in [0.15, 0.2) is 0 Å². The molecule has 0 bridgehead atoms. The molecule has 0 radical (unpaired) electrons. The standard InChI is InChI=1S/C15H22FNO/c1-5-7-17(8-6-2)15-9-11(3)14(16)10-13(15)12(4)18/h5,9-10,12,18H,1,6-8H2,2-4H3. The van der Waals surface area contributed by atoms with Crippen molar-refractivity contribution in [2.45, 2.75) is 33.3 Å². The smallest absolute Gasteiger partial charge is 0.126 e. The molecule has 2 nitrogen and oxygen atoms in total. The molecule has 0 saturated heterocycles. The molecule has 0 spiro atoms. The summed E-state index contributed by atoms with van der Waals surface area (Å²) in [5, 5.41) is 9.79. The van der Waals surface area contributed by atoms with Gasteiger partial charge in [0, 0.05) is 24.3 Å². The van der Waals surface area contributed by atoms with Crippen LogP contribution >= 0.6 is 0 Å². The number of hydrogen-bond donors (Lipinski definition) is 1. The van der Waals surface area contributed by atoms with Crippen LogP contribution in [0.4, 0.5) is 10.1 Å². The SMILES string of the molecule is C=CCN(CCC)c1cc(C)c(F)cc1C(C)O. The number of nitrogens with zero attached hydrogens (tertiary/aromatic N) is 1. The Balaban J connectivity index is 3.25. The molecule has 1 rings (SSSR count). The fourth-order valence-electron chi connectivity index (χ4n) is 2.03. The van der Waals surface area contributed by atoms with Crippen molar-refractivity contribution in [3.8, 4) is 0 Å². The predicted octanol–water partition coefficient (Wildman–Crippen LogP) is 3.59. The Kier molecular flexibility index (Phi) is 5.35. The molecule has 0 amide bonds. The molecule has 0 aliphatic rings. The zero-order chi connectivity index (χ0) is 13.7. The van der Waals surface area contributed by atoms with E-state index in [1.54, 1.807) is 19.9 Å². The number of benzene rings is 1. The van der Waals surface area contributed by atoms with Crippen LogP contribution in [0.1, 0.15) is 37.5 Å². The van der Waals surface area contributed by atoms with Gasteiger partial charge >= 0.3 is 0 Å². The molecule has 1 N–H and O–H groups in total. The van der Waals surface area contributed by atoms with Gasteiger partial charge in [-0.15, -0.1) is 6.58 Å². The summed E-state index contributed by atoms with van der Waals surface area (Å²) in [6.45, 7) is 10.8. The highest BCUT2D eigenvalue weighted by Crippen LogP contribution is 2.29. The fourth-order valence-corrected chi connectivity index (χ4v) is 2.03. The monoisotopic (exact) mass is 251 g/mol. The van der Waals surface area contributed by atoms with E-state index in [2.05, 4.69) is 18.4 Å². The molecule has 1 aromatic carbocycles. The average Bonchev–Trinajstić information content (AvgIpc) is 2.31. The van der Waals surface area contributed by atoms with Gasteiger partial charge in [0.2, 0.25) is 0 Å². The van der Waals surface area contributed by atoms with E-state index in [1.165, 1.54) is 6.07 Å². The van der Waals surface area contributed by atoms with Gasteiger partial charge in [-0.05, 0) is 38.0 Å². The van der Waals surface area contributed by atoms with Gasteiger partial charge in [-0.2, -0.15) is 0 Å². The molecule has 1 atom stereocenters. The minimum atomic E-state index is -0.681. The Hall–Kier alpha value is -1.35. The van der Waals surface area contributed by atoms with Crippen LogP contribution in [0.2, 0.25) is 0 Å².